The van der Waals surface area contributed by atoms with Crippen LogP contribution in [0.15, 0.2) is 53.4 Å². The van der Waals surface area contributed by atoms with E-state index < -0.39 is 20.9 Å². The van der Waals surface area contributed by atoms with Crippen molar-refractivity contribution < 1.29 is 27.6 Å². The van der Waals surface area contributed by atoms with Gasteiger partial charge in [-0.05, 0) is 23.8 Å². The third kappa shape index (κ3) is 4.53. The molecule has 0 unspecified atom stereocenters. The van der Waals surface area contributed by atoms with Crippen LogP contribution in [0.4, 0.5) is 5.69 Å². The molecule has 0 bridgehead atoms. The summed E-state index contributed by atoms with van der Waals surface area (Å²) < 4.78 is 37.1. The molecule has 28 heavy (non-hydrogen) atoms. The van der Waals surface area contributed by atoms with Crippen LogP contribution in [0.2, 0.25) is 0 Å². The van der Waals surface area contributed by atoms with Crippen molar-refractivity contribution in [3.05, 3.63) is 69.8 Å². The van der Waals surface area contributed by atoms with Crippen molar-refractivity contribution in [3.63, 3.8) is 0 Å². The molecule has 0 amide bonds. The lowest BCUT2D eigenvalue weighted by atomic mass is 10.2. The summed E-state index contributed by atoms with van der Waals surface area (Å²) in [6, 6.07) is 11.3. The van der Waals surface area contributed by atoms with E-state index in [1.807, 2.05) is 0 Å². The first-order valence-corrected chi connectivity index (χ1v) is 9.90. The van der Waals surface area contributed by atoms with E-state index in [2.05, 4.69) is 0 Å². The van der Waals surface area contributed by atoms with Gasteiger partial charge in [0.2, 0.25) is 10.0 Å². The number of nitro groups is 1. The molecule has 0 radical (unpaired) electrons. The van der Waals surface area contributed by atoms with Gasteiger partial charge in [0.15, 0.2) is 0 Å². The molecule has 10 heteroatoms. The molecule has 0 atom stereocenters. The van der Waals surface area contributed by atoms with Crippen LogP contribution in [-0.4, -0.2) is 49.9 Å². The summed E-state index contributed by atoms with van der Waals surface area (Å²) in [7, 11) is -3.65. The van der Waals surface area contributed by atoms with Gasteiger partial charge in [0.05, 0.1) is 28.6 Å². The molecule has 1 heterocycles. The molecule has 1 fully saturated rings. The Hall–Kier alpha value is -2.82. The molecule has 2 aromatic rings. The first kappa shape index (κ1) is 19.9. The van der Waals surface area contributed by atoms with Crippen molar-refractivity contribution in [3.8, 4) is 0 Å². The van der Waals surface area contributed by atoms with Gasteiger partial charge in [-0.3, -0.25) is 10.1 Å². The SMILES string of the molecule is O=C(OCc1cccc(S(=O)(=O)N2CCOCC2)c1)c1cccc([N+](=O)[O-])c1. The summed E-state index contributed by atoms with van der Waals surface area (Å²) in [4.78, 5) is 22.4. The van der Waals surface area contributed by atoms with E-state index in [1.54, 1.807) is 12.1 Å². The van der Waals surface area contributed by atoms with Crippen LogP contribution in [0, 0.1) is 10.1 Å². The molecule has 3 rings (SSSR count). The molecule has 1 aliphatic heterocycles. The number of rotatable bonds is 6. The van der Waals surface area contributed by atoms with E-state index in [0.29, 0.717) is 18.8 Å². The molecule has 148 valence electrons. The Balaban J connectivity index is 1.70. The van der Waals surface area contributed by atoms with Gasteiger partial charge in [0.25, 0.3) is 5.69 Å². The second-order valence-corrected chi connectivity index (χ2v) is 7.99. The number of non-ortho nitro benzene ring substituents is 1. The summed E-state index contributed by atoms with van der Waals surface area (Å²) in [6.07, 6.45) is 0. The number of sulfonamides is 1. The molecule has 0 N–H and O–H groups in total. The number of benzene rings is 2. The van der Waals surface area contributed by atoms with Gasteiger partial charge >= 0.3 is 5.97 Å². The van der Waals surface area contributed by atoms with E-state index in [0.717, 1.165) is 6.07 Å². The highest BCUT2D eigenvalue weighted by Crippen LogP contribution is 2.19. The predicted octanol–water partition coefficient (Wildman–Crippen LogP) is 1.97. The summed E-state index contributed by atoms with van der Waals surface area (Å²) in [5.74, 6) is -0.731. The quantitative estimate of drug-likeness (QED) is 0.409. The third-order valence-corrected chi connectivity index (χ3v) is 6.06. The van der Waals surface area contributed by atoms with Gasteiger partial charge in [-0.2, -0.15) is 4.31 Å². The van der Waals surface area contributed by atoms with Crippen molar-refractivity contribution in [1.82, 2.24) is 4.31 Å². The molecule has 0 aromatic heterocycles. The Labute approximate surface area is 161 Å². The van der Waals surface area contributed by atoms with Gasteiger partial charge in [0.1, 0.15) is 6.61 Å². The van der Waals surface area contributed by atoms with E-state index in [1.165, 1.54) is 34.6 Å². The minimum absolute atomic E-state index is 0.0475. The molecule has 1 saturated heterocycles. The first-order chi connectivity index (χ1) is 13.4. The zero-order chi connectivity index (χ0) is 20.1. The second kappa shape index (κ2) is 8.46. The zero-order valence-corrected chi connectivity index (χ0v) is 15.6. The van der Waals surface area contributed by atoms with Crippen molar-refractivity contribution in [2.75, 3.05) is 26.3 Å². The Kier molecular flexibility index (Phi) is 6.02. The number of morpholine rings is 1. The normalized spacial score (nSPS) is 15.1. The van der Waals surface area contributed by atoms with Crippen molar-refractivity contribution in [2.24, 2.45) is 0 Å². The summed E-state index contributed by atoms with van der Waals surface area (Å²) in [6.45, 7) is 1.11. The van der Waals surface area contributed by atoms with Crippen molar-refractivity contribution in [1.29, 1.82) is 0 Å². The fourth-order valence-corrected chi connectivity index (χ4v) is 4.19. The Morgan fingerprint density at radius 1 is 1.14 bits per heavy atom. The molecular formula is C18H18N2O7S. The number of carbonyl (C=O) groups is 1. The maximum Gasteiger partial charge on any atom is 0.338 e. The second-order valence-electron chi connectivity index (χ2n) is 6.05. The molecule has 2 aromatic carbocycles. The number of nitro benzene ring substituents is 1. The number of esters is 1. The molecule has 0 spiro atoms. The summed E-state index contributed by atoms with van der Waals surface area (Å²) >= 11 is 0. The Morgan fingerprint density at radius 3 is 2.57 bits per heavy atom. The van der Waals surface area contributed by atoms with Gasteiger partial charge in [-0.15, -0.1) is 0 Å². The lowest BCUT2D eigenvalue weighted by molar-refractivity contribution is -0.384. The lowest BCUT2D eigenvalue weighted by Gasteiger charge is -2.26. The standard InChI is InChI=1S/C18H18N2O7S/c21-18(15-4-2-5-16(12-15)20(22)23)27-13-14-3-1-6-17(11-14)28(24,25)19-7-9-26-10-8-19/h1-6,11-12H,7-10,13H2. The highest BCUT2D eigenvalue weighted by molar-refractivity contribution is 7.89. The highest BCUT2D eigenvalue weighted by atomic mass is 32.2. The largest absolute Gasteiger partial charge is 0.457 e. The van der Waals surface area contributed by atoms with E-state index >= 15 is 0 Å². The van der Waals surface area contributed by atoms with Crippen molar-refractivity contribution in [2.45, 2.75) is 11.5 Å². The van der Waals surface area contributed by atoms with Gasteiger partial charge in [0, 0.05) is 25.2 Å². The predicted molar refractivity (Wildman–Crippen MR) is 98.2 cm³/mol. The summed E-state index contributed by atoms with van der Waals surface area (Å²) in [5, 5.41) is 10.8. The van der Waals surface area contributed by atoms with E-state index in [9.17, 15) is 23.3 Å². The maximum absolute atomic E-state index is 12.7. The van der Waals surface area contributed by atoms with Crippen LogP contribution in [0.5, 0.6) is 0 Å². The number of nitrogens with zero attached hydrogens (tertiary/aromatic N) is 2. The monoisotopic (exact) mass is 406 g/mol. The third-order valence-electron chi connectivity index (χ3n) is 4.17. The van der Waals surface area contributed by atoms with Gasteiger partial charge < -0.3 is 9.47 Å². The number of hydrogen-bond acceptors (Lipinski definition) is 7. The van der Waals surface area contributed by atoms with Gasteiger partial charge in [-0.1, -0.05) is 18.2 Å². The first-order valence-electron chi connectivity index (χ1n) is 8.46. The topological polar surface area (TPSA) is 116 Å². The Morgan fingerprint density at radius 2 is 1.86 bits per heavy atom. The fraction of sp³-hybridized carbons (Fsp3) is 0.278. The summed E-state index contributed by atoms with van der Waals surface area (Å²) in [5.41, 5.74) is 0.326. The molecule has 0 aliphatic carbocycles. The van der Waals surface area contributed by atoms with Crippen LogP contribution in [0.1, 0.15) is 15.9 Å². The van der Waals surface area contributed by atoms with Crippen LogP contribution < -0.4 is 0 Å². The minimum atomic E-state index is -3.65. The van der Waals surface area contributed by atoms with Crippen molar-refractivity contribution >= 4 is 21.7 Å². The number of ether oxygens (including phenoxy) is 2. The van der Waals surface area contributed by atoms with Crippen LogP contribution in [-0.2, 0) is 26.1 Å². The zero-order valence-electron chi connectivity index (χ0n) is 14.8. The molecule has 0 saturated carbocycles. The average Bonchev–Trinajstić information content (AvgIpc) is 2.73. The number of carbonyl (C=O) groups excluding carboxylic acids is 1. The average molecular weight is 406 g/mol. The van der Waals surface area contributed by atoms with E-state index in [4.69, 9.17) is 9.47 Å². The maximum atomic E-state index is 12.7. The van der Waals surface area contributed by atoms with Crippen LogP contribution in [0.25, 0.3) is 0 Å². The lowest BCUT2D eigenvalue weighted by Crippen LogP contribution is -2.40. The number of hydrogen-bond donors (Lipinski definition) is 0. The molecule has 1 aliphatic rings. The minimum Gasteiger partial charge on any atom is -0.457 e. The highest BCUT2D eigenvalue weighted by Gasteiger charge is 2.26. The van der Waals surface area contributed by atoms with E-state index in [-0.39, 0.29) is 35.8 Å². The van der Waals surface area contributed by atoms with Gasteiger partial charge in [-0.25, -0.2) is 13.2 Å². The molecule has 9 nitrogen and oxygen atoms in total. The smallest absolute Gasteiger partial charge is 0.338 e. The fourth-order valence-electron chi connectivity index (χ4n) is 2.71. The molecular weight excluding hydrogens is 388 g/mol. The van der Waals surface area contributed by atoms with Crippen LogP contribution in [0.3, 0.4) is 0 Å². The Bertz CT molecular complexity index is 985. The van der Waals surface area contributed by atoms with Crippen LogP contribution >= 0.6 is 0 Å².